The maximum Gasteiger partial charge on any atom is 0.242 e. The summed E-state index contributed by atoms with van der Waals surface area (Å²) >= 11 is 0. The minimum Gasteiger partial charge on any atom is -0.368 e. The Balaban J connectivity index is 2.12. The first-order valence-corrected chi connectivity index (χ1v) is 7.46. The van der Waals surface area contributed by atoms with E-state index in [2.05, 4.69) is 10.2 Å². The second kappa shape index (κ2) is 6.86. The SMILES string of the molecule is CNC(CCN1CCCCC1)(C(N)=O)c1ccccc1. The number of nitrogens with two attached hydrogens (primary N) is 1. The van der Waals surface area contributed by atoms with E-state index in [0.717, 1.165) is 25.2 Å². The van der Waals surface area contributed by atoms with Gasteiger partial charge in [-0.1, -0.05) is 36.8 Å². The van der Waals surface area contributed by atoms with Crippen LogP contribution in [0.15, 0.2) is 30.3 Å². The van der Waals surface area contributed by atoms with Crippen molar-refractivity contribution in [3.05, 3.63) is 35.9 Å². The van der Waals surface area contributed by atoms with Gasteiger partial charge in [-0.3, -0.25) is 4.79 Å². The Labute approximate surface area is 121 Å². The summed E-state index contributed by atoms with van der Waals surface area (Å²) in [4.78, 5) is 14.5. The Hall–Kier alpha value is -1.39. The molecule has 1 unspecified atom stereocenters. The third kappa shape index (κ3) is 3.19. The van der Waals surface area contributed by atoms with Crippen molar-refractivity contribution in [1.29, 1.82) is 0 Å². The average Bonchev–Trinajstić information content (AvgIpc) is 2.50. The third-order valence-corrected chi connectivity index (χ3v) is 4.37. The molecular formula is C16H25N3O. The summed E-state index contributed by atoms with van der Waals surface area (Å²) in [7, 11) is 1.81. The Bertz CT molecular complexity index is 429. The van der Waals surface area contributed by atoms with E-state index in [9.17, 15) is 4.79 Å². The molecule has 0 bridgehead atoms. The van der Waals surface area contributed by atoms with Crippen LogP contribution in [0.5, 0.6) is 0 Å². The first kappa shape index (κ1) is 15.0. The summed E-state index contributed by atoms with van der Waals surface area (Å²) in [6.07, 6.45) is 4.55. The van der Waals surface area contributed by atoms with Crippen LogP contribution in [0.1, 0.15) is 31.2 Å². The molecule has 2 rings (SSSR count). The molecule has 110 valence electrons. The summed E-state index contributed by atoms with van der Waals surface area (Å²) in [5.74, 6) is -0.303. The molecule has 1 saturated heterocycles. The zero-order valence-corrected chi connectivity index (χ0v) is 12.3. The fraction of sp³-hybridized carbons (Fsp3) is 0.562. The van der Waals surface area contributed by atoms with E-state index in [-0.39, 0.29) is 5.91 Å². The van der Waals surface area contributed by atoms with Crippen LogP contribution < -0.4 is 11.1 Å². The van der Waals surface area contributed by atoms with E-state index >= 15 is 0 Å². The normalized spacial score (nSPS) is 19.4. The molecule has 1 aliphatic rings. The fourth-order valence-electron chi connectivity index (χ4n) is 3.03. The first-order valence-electron chi connectivity index (χ1n) is 7.46. The van der Waals surface area contributed by atoms with Crippen molar-refractivity contribution in [3.8, 4) is 0 Å². The summed E-state index contributed by atoms with van der Waals surface area (Å²) in [5, 5.41) is 3.17. The monoisotopic (exact) mass is 275 g/mol. The molecule has 1 amide bonds. The number of benzene rings is 1. The van der Waals surface area contributed by atoms with Gasteiger partial charge in [0.1, 0.15) is 5.54 Å². The molecule has 0 aromatic heterocycles. The van der Waals surface area contributed by atoms with E-state index < -0.39 is 5.54 Å². The lowest BCUT2D eigenvalue weighted by Crippen LogP contribution is -2.53. The molecule has 1 atom stereocenters. The predicted octanol–water partition coefficient (Wildman–Crippen LogP) is 1.46. The number of rotatable bonds is 6. The highest BCUT2D eigenvalue weighted by molar-refractivity contribution is 5.86. The van der Waals surface area contributed by atoms with Crippen molar-refractivity contribution in [1.82, 2.24) is 10.2 Å². The largest absolute Gasteiger partial charge is 0.368 e. The Morgan fingerprint density at radius 1 is 1.25 bits per heavy atom. The Morgan fingerprint density at radius 2 is 1.90 bits per heavy atom. The van der Waals surface area contributed by atoms with Crippen LogP contribution in [0.4, 0.5) is 0 Å². The van der Waals surface area contributed by atoms with Gasteiger partial charge < -0.3 is 16.0 Å². The molecule has 0 radical (unpaired) electrons. The smallest absolute Gasteiger partial charge is 0.242 e. The molecule has 0 saturated carbocycles. The van der Waals surface area contributed by atoms with Gasteiger partial charge in [-0.25, -0.2) is 0 Å². The second-order valence-corrected chi connectivity index (χ2v) is 5.54. The number of likely N-dealkylation sites (N-methyl/N-ethyl adjacent to an activating group) is 1. The van der Waals surface area contributed by atoms with Crippen molar-refractivity contribution in [2.24, 2.45) is 5.73 Å². The maximum absolute atomic E-state index is 12.1. The molecule has 4 heteroatoms. The second-order valence-electron chi connectivity index (χ2n) is 5.54. The molecule has 0 aliphatic carbocycles. The van der Waals surface area contributed by atoms with E-state index in [0.29, 0.717) is 6.42 Å². The molecule has 3 N–H and O–H groups in total. The topological polar surface area (TPSA) is 58.4 Å². The molecule has 20 heavy (non-hydrogen) atoms. The lowest BCUT2D eigenvalue weighted by atomic mass is 9.85. The van der Waals surface area contributed by atoms with Gasteiger partial charge in [0.05, 0.1) is 0 Å². The number of carbonyl (C=O) groups excluding carboxylic acids is 1. The van der Waals surface area contributed by atoms with Crippen LogP contribution in [-0.4, -0.2) is 37.5 Å². The van der Waals surface area contributed by atoms with Crippen LogP contribution in [0.2, 0.25) is 0 Å². The standard InChI is InChI=1S/C16H25N3O/c1-18-16(15(17)20,14-8-4-2-5-9-14)10-13-19-11-6-3-7-12-19/h2,4-5,8-9,18H,3,6-7,10-13H2,1H3,(H2,17,20). The Morgan fingerprint density at radius 3 is 2.45 bits per heavy atom. The van der Waals surface area contributed by atoms with Gasteiger partial charge in [-0.05, 0) is 45.0 Å². The number of hydrogen-bond acceptors (Lipinski definition) is 3. The van der Waals surface area contributed by atoms with E-state index in [1.165, 1.54) is 19.3 Å². The quantitative estimate of drug-likeness (QED) is 0.826. The lowest BCUT2D eigenvalue weighted by molar-refractivity contribution is -0.125. The van der Waals surface area contributed by atoms with Gasteiger partial charge >= 0.3 is 0 Å². The molecule has 1 aromatic rings. The molecule has 4 nitrogen and oxygen atoms in total. The summed E-state index contributed by atoms with van der Waals surface area (Å²) in [6.45, 7) is 3.17. The summed E-state index contributed by atoms with van der Waals surface area (Å²) < 4.78 is 0. The minimum absolute atomic E-state index is 0.303. The number of piperidine rings is 1. The van der Waals surface area contributed by atoms with Gasteiger partial charge in [0.25, 0.3) is 0 Å². The highest BCUT2D eigenvalue weighted by Crippen LogP contribution is 2.25. The minimum atomic E-state index is -0.765. The van der Waals surface area contributed by atoms with Gasteiger partial charge in [0, 0.05) is 6.54 Å². The summed E-state index contributed by atoms with van der Waals surface area (Å²) in [5.41, 5.74) is 5.90. The number of nitrogens with zero attached hydrogens (tertiary/aromatic N) is 1. The van der Waals surface area contributed by atoms with E-state index in [1.807, 2.05) is 37.4 Å². The van der Waals surface area contributed by atoms with Gasteiger partial charge in [0.15, 0.2) is 0 Å². The van der Waals surface area contributed by atoms with Crippen LogP contribution in [-0.2, 0) is 10.3 Å². The van der Waals surface area contributed by atoms with Crippen LogP contribution >= 0.6 is 0 Å². The molecule has 1 aromatic carbocycles. The number of hydrogen-bond donors (Lipinski definition) is 2. The molecular weight excluding hydrogens is 250 g/mol. The van der Waals surface area contributed by atoms with Gasteiger partial charge in [0.2, 0.25) is 5.91 Å². The highest BCUT2D eigenvalue weighted by Gasteiger charge is 2.36. The van der Waals surface area contributed by atoms with E-state index in [4.69, 9.17) is 5.73 Å². The maximum atomic E-state index is 12.1. The van der Waals surface area contributed by atoms with E-state index in [1.54, 1.807) is 0 Å². The number of primary amides is 1. The zero-order valence-electron chi connectivity index (χ0n) is 12.3. The van der Waals surface area contributed by atoms with Crippen molar-refractivity contribution < 1.29 is 4.79 Å². The molecule has 1 fully saturated rings. The van der Waals surface area contributed by atoms with Crippen molar-refractivity contribution in [3.63, 3.8) is 0 Å². The van der Waals surface area contributed by atoms with Crippen LogP contribution in [0, 0.1) is 0 Å². The lowest BCUT2D eigenvalue weighted by Gasteiger charge is -2.34. The average molecular weight is 275 g/mol. The van der Waals surface area contributed by atoms with Gasteiger partial charge in [-0.2, -0.15) is 0 Å². The molecule has 1 heterocycles. The number of carbonyl (C=O) groups is 1. The Kier molecular flexibility index (Phi) is 5.15. The van der Waals surface area contributed by atoms with Crippen molar-refractivity contribution >= 4 is 5.91 Å². The van der Waals surface area contributed by atoms with Gasteiger partial charge in [-0.15, -0.1) is 0 Å². The number of nitrogens with one attached hydrogen (secondary N) is 1. The van der Waals surface area contributed by atoms with Crippen molar-refractivity contribution in [2.45, 2.75) is 31.2 Å². The fourth-order valence-corrected chi connectivity index (χ4v) is 3.03. The third-order valence-electron chi connectivity index (χ3n) is 4.37. The zero-order chi connectivity index (χ0) is 14.4. The molecule has 0 spiro atoms. The highest BCUT2D eigenvalue weighted by atomic mass is 16.1. The number of amides is 1. The molecule has 1 aliphatic heterocycles. The number of likely N-dealkylation sites (tertiary alicyclic amines) is 1. The van der Waals surface area contributed by atoms with Crippen LogP contribution in [0.25, 0.3) is 0 Å². The van der Waals surface area contributed by atoms with Crippen molar-refractivity contribution in [2.75, 3.05) is 26.7 Å². The predicted molar refractivity (Wildman–Crippen MR) is 81.3 cm³/mol. The van der Waals surface area contributed by atoms with Crippen LogP contribution in [0.3, 0.4) is 0 Å². The first-order chi connectivity index (χ1) is 9.69. The summed E-state index contributed by atoms with van der Waals surface area (Å²) in [6, 6.07) is 9.79.